The Balaban J connectivity index is 2.34. The van der Waals surface area contributed by atoms with Crippen LogP contribution < -0.4 is 10.1 Å². The van der Waals surface area contributed by atoms with E-state index in [1.54, 1.807) is 7.11 Å². The molecule has 0 heterocycles. The second kappa shape index (κ2) is 8.84. The minimum Gasteiger partial charge on any atom is -0.494 e. The van der Waals surface area contributed by atoms with E-state index in [1.165, 1.54) is 0 Å². The Morgan fingerprint density at radius 2 is 1.89 bits per heavy atom. The van der Waals surface area contributed by atoms with Crippen LogP contribution in [0.3, 0.4) is 0 Å². The van der Waals surface area contributed by atoms with E-state index in [4.69, 9.17) is 9.47 Å². The van der Waals surface area contributed by atoms with Crippen molar-refractivity contribution in [2.75, 3.05) is 26.9 Å². The van der Waals surface area contributed by atoms with E-state index in [0.717, 1.165) is 20.3 Å². The molecule has 1 aromatic carbocycles. The van der Waals surface area contributed by atoms with Gasteiger partial charge in [0.1, 0.15) is 12.4 Å². The van der Waals surface area contributed by atoms with Crippen molar-refractivity contribution in [3.63, 3.8) is 0 Å². The molecule has 1 rings (SSSR count). The number of benzene rings is 1. The lowest BCUT2D eigenvalue weighted by Crippen LogP contribution is -2.20. The summed E-state index contributed by atoms with van der Waals surface area (Å²) in [6.07, 6.45) is -2.41. The molecule has 1 aromatic rings. The smallest absolute Gasteiger partial charge is 0.261 e. The summed E-state index contributed by atoms with van der Waals surface area (Å²) < 4.78 is 35.3. The third-order valence-corrected chi connectivity index (χ3v) is 3.44. The molecule has 0 aliphatic heterocycles. The molecule has 7 heteroatoms. The van der Waals surface area contributed by atoms with Crippen LogP contribution in [0.1, 0.15) is 5.56 Å². The van der Waals surface area contributed by atoms with Crippen LogP contribution in [0.5, 0.6) is 5.75 Å². The van der Waals surface area contributed by atoms with Crippen molar-refractivity contribution in [3.8, 4) is 5.75 Å². The summed E-state index contributed by atoms with van der Waals surface area (Å²) in [6, 6.07) is 3.88. The van der Waals surface area contributed by atoms with Crippen molar-refractivity contribution in [2.24, 2.45) is 0 Å². The van der Waals surface area contributed by atoms with Gasteiger partial charge in [-0.2, -0.15) is 0 Å². The Hall–Kier alpha value is -0.240. The largest absolute Gasteiger partial charge is 0.494 e. The number of halogens is 4. The fourth-order valence-electron chi connectivity index (χ4n) is 1.46. The Labute approximate surface area is 127 Å². The highest BCUT2D eigenvalue weighted by atomic mass is 79.9. The van der Waals surface area contributed by atoms with Crippen molar-refractivity contribution in [2.45, 2.75) is 13.0 Å². The first-order valence-electron chi connectivity index (χ1n) is 5.63. The fourth-order valence-corrected chi connectivity index (χ4v) is 3.06. The van der Waals surface area contributed by atoms with Gasteiger partial charge in [0.2, 0.25) is 0 Å². The first-order valence-corrected chi connectivity index (χ1v) is 7.21. The summed E-state index contributed by atoms with van der Waals surface area (Å²) in [6.45, 7) is 0.900. The average molecular weight is 403 g/mol. The summed E-state index contributed by atoms with van der Waals surface area (Å²) >= 11 is 6.83. The molecule has 0 aliphatic rings. The summed E-state index contributed by atoms with van der Waals surface area (Å²) in [5.41, 5.74) is 1.05. The first-order chi connectivity index (χ1) is 9.04. The van der Waals surface area contributed by atoms with Gasteiger partial charge in [0, 0.05) is 13.1 Å². The Kier molecular flexibility index (Phi) is 7.82. The molecule has 3 nitrogen and oxygen atoms in total. The summed E-state index contributed by atoms with van der Waals surface area (Å²) in [5, 5.41) is 3.11. The Morgan fingerprint density at radius 1 is 1.26 bits per heavy atom. The van der Waals surface area contributed by atoms with E-state index in [1.807, 2.05) is 12.1 Å². The maximum absolute atomic E-state index is 11.8. The number of methoxy groups -OCH3 is 1. The Bertz CT molecular complexity index is 382. The van der Waals surface area contributed by atoms with E-state index in [2.05, 4.69) is 37.2 Å². The monoisotopic (exact) mass is 401 g/mol. The zero-order valence-corrected chi connectivity index (χ0v) is 13.6. The second-order valence-electron chi connectivity index (χ2n) is 3.74. The second-order valence-corrected chi connectivity index (χ2v) is 5.44. The molecule has 0 bridgehead atoms. The van der Waals surface area contributed by atoms with Crippen LogP contribution in [0, 0.1) is 0 Å². The molecular formula is C12H15Br2F2NO2. The van der Waals surface area contributed by atoms with Crippen molar-refractivity contribution >= 4 is 31.9 Å². The fraction of sp³-hybridized carbons (Fsp3) is 0.500. The van der Waals surface area contributed by atoms with Crippen LogP contribution in [0.4, 0.5) is 8.78 Å². The van der Waals surface area contributed by atoms with Gasteiger partial charge in [-0.25, -0.2) is 8.78 Å². The molecule has 0 aliphatic carbocycles. The zero-order valence-electron chi connectivity index (χ0n) is 10.4. The van der Waals surface area contributed by atoms with Crippen LogP contribution >= 0.6 is 31.9 Å². The van der Waals surface area contributed by atoms with Crippen molar-refractivity contribution in [3.05, 3.63) is 26.6 Å². The molecule has 0 atom stereocenters. The molecule has 1 N–H and O–H groups in total. The van der Waals surface area contributed by atoms with Gasteiger partial charge in [-0.1, -0.05) is 0 Å². The minimum absolute atomic E-state index is 0.267. The van der Waals surface area contributed by atoms with E-state index in [9.17, 15) is 8.78 Å². The molecule has 108 valence electrons. The number of nitrogens with one attached hydrogen (secondary N) is 1. The highest BCUT2D eigenvalue weighted by molar-refractivity contribution is 9.11. The van der Waals surface area contributed by atoms with E-state index in [0.29, 0.717) is 13.1 Å². The quantitative estimate of drug-likeness (QED) is 0.674. The lowest BCUT2D eigenvalue weighted by Gasteiger charge is -2.10. The average Bonchev–Trinajstić information content (AvgIpc) is 2.33. The molecular weight excluding hydrogens is 388 g/mol. The van der Waals surface area contributed by atoms with E-state index in [-0.39, 0.29) is 6.61 Å². The predicted molar refractivity (Wildman–Crippen MR) is 76.9 cm³/mol. The normalized spacial score (nSPS) is 11.1. The highest BCUT2D eigenvalue weighted by Gasteiger charge is 2.07. The Morgan fingerprint density at radius 3 is 2.42 bits per heavy atom. The standard InChI is InChI=1S/C12H15Br2F2NO2/c1-18-12-9(13)4-8(5-10(12)14)6-17-2-3-19-7-11(15)16/h4-5,11,17H,2-3,6-7H2,1H3. The predicted octanol–water partition coefficient (Wildman–Crippen LogP) is 3.59. The van der Waals surface area contributed by atoms with Gasteiger partial charge in [0.15, 0.2) is 0 Å². The summed E-state index contributed by atoms with van der Waals surface area (Å²) in [5.74, 6) is 0.740. The van der Waals surface area contributed by atoms with Gasteiger partial charge in [-0.3, -0.25) is 0 Å². The zero-order chi connectivity index (χ0) is 14.3. The molecule has 0 radical (unpaired) electrons. The SMILES string of the molecule is COc1c(Br)cc(CNCCOCC(F)F)cc1Br. The van der Waals surface area contributed by atoms with Gasteiger partial charge >= 0.3 is 0 Å². The molecule has 0 spiro atoms. The maximum atomic E-state index is 11.8. The van der Waals surface area contributed by atoms with Crippen molar-refractivity contribution in [1.82, 2.24) is 5.32 Å². The highest BCUT2D eigenvalue weighted by Crippen LogP contribution is 2.34. The maximum Gasteiger partial charge on any atom is 0.261 e. The molecule has 0 fully saturated rings. The van der Waals surface area contributed by atoms with Crippen LogP contribution in [-0.2, 0) is 11.3 Å². The molecule has 0 saturated carbocycles. The minimum atomic E-state index is -2.41. The van der Waals surface area contributed by atoms with Crippen molar-refractivity contribution in [1.29, 1.82) is 0 Å². The lowest BCUT2D eigenvalue weighted by atomic mass is 10.2. The van der Waals surface area contributed by atoms with Crippen molar-refractivity contribution < 1.29 is 18.3 Å². The number of ether oxygens (including phenoxy) is 2. The van der Waals surface area contributed by atoms with E-state index < -0.39 is 13.0 Å². The first kappa shape index (κ1) is 16.8. The van der Waals surface area contributed by atoms with Crippen LogP contribution in [-0.4, -0.2) is 33.3 Å². The third kappa shape index (κ3) is 6.16. The van der Waals surface area contributed by atoms with Gasteiger partial charge in [-0.05, 0) is 49.6 Å². The number of hydrogen-bond acceptors (Lipinski definition) is 3. The molecule has 0 aromatic heterocycles. The van der Waals surface area contributed by atoms with Gasteiger partial charge in [0.05, 0.1) is 22.7 Å². The summed E-state index contributed by atoms with van der Waals surface area (Å²) in [4.78, 5) is 0. The molecule has 19 heavy (non-hydrogen) atoms. The molecule has 0 amide bonds. The number of rotatable bonds is 8. The van der Waals surface area contributed by atoms with Crippen LogP contribution in [0.25, 0.3) is 0 Å². The molecule has 0 unspecified atom stereocenters. The van der Waals surface area contributed by atoms with E-state index >= 15 is 0 Å². The number of hydrogen-bond donors (Lipinski definition) is 1. The van der Waals surface area contributed by atoms with Crippen LogP contribution in [0.2, 0.25) is 0 Å². The van der Waals surface area contributed by atoms with Crippen LogP contribution in [0.15, 0.2) is 21.1 Å². The third-order valence-electron chi connectivity index (χ3n) is 2.26. The van der Waals surface area contributed by atoms with Gasteiger partial charge in [-0.15, -0.1) is 0 Å². The number of alkyl halides is 2. The molecule has 0 saturated heterocycles. The van der Waals surface area contributed by atoms with Gasteiger partial charge in [0.25, 0.3) is 6.43 Å². The lowest BCUT2D eigenvalue weighted by molar-refractivity contribution is 0.0187. The topological polar surface area (TPSA) is 30.5 Å². The van der Waals surface area contributed by atoms with Gasteiger partial charge < -0.3 is 14.8 Å². The summed E-state index contributed by atoms with van der Waals surface area (Å²) in [7, 11) is 1.60.